The maximum Gasteiger partial charge on any atom is 0.257 e. The number of halogens is 1. The van der Waals surface area contributed by atoms with Crippen LogP contribution >= 0.6 is 0 Å². The van der Waals surface area contributed by atoms with Gasteiger partial charge in [-0.05, 0) is 32.9 Å². The van der Waals surface area contributed by atoms with E-state index in [4.69, 9.17) is 9.47 Å². The van der Waals surface area contributed by atoms with Gasteiger partial charge in [-0.1, -0.05) is 0 Å². The van der Waals surface area contributed by atoms with Crippen molar-refractivity contribution in [1.29, 1.82) is 0 Å². The van der Waals surface area contributed by atoms with E-state index in [0.29, 0.717) is 49.0 Å². The van der Waals surface area contributed by atoms with E-state index in [2.05, 4.69) is 20.3 Å². The highest BCUT2D eigenvalue weighted by Crippen LogP contribution is 2.29. The molecule has 9 nitrogen and oxygen atoms in total. The fourth-order valence-electron chi connectivity index (χ4n) is 3.90. The predicted molar refractivity (Wildman–Crippen MR) is 121 cm³/mol. The van der Waals surface area contributed by atoms with Crippen LogP contribution in [0.2, 0.25) is 0 Å². The zero-order chi connectivity index (χ0) is 23.5. The summed E-state index contributed by atoms with van der Waals surface area (Å²) in [4.78, 5) is 27.4. The molecule has 0 bridgehead atoms. The molecule has 0 spiro atoms. The largest absolute Gasteiger partial charge is 0.496 e. The number of morpholine rings is 1. The van der Waals surface area contributed by atoms with Crippen molar-refractivity contribution < 1.29 is 18.7 Å². The zero-order valence-corrected chi connectivity index (χ0v) is 19.1. The van der Waals surface area contributed by atoms with Crippen LogP contribution in [0.25, 0.3) is 11.4 Å². The summed E-state index contributed by atoms with van der Waals surface area (Å²) < 4.78 is 27.3. The molecule has 4 rings (SSSR count). The van der Waals surface area contributed by atoms with Gasteiger partial charge in [-0.3, -0.25) is 4.79 Å². The molecule has 10 heteroatoms. The van der Waals surface area contributed by atoms with Crippen LogP contribution < -0.4 is 10.1 Å². The Kier molecular flexibility index (Phi) is 6.55. The van der Waals surface area contributed by atoms with Crippen LogP contribution in [-0.4, -0.2) is 63.7 Å². The first-order chi connectivity index (χ1) is 15.9. The second-order valence-corrected chi connectivity index (χ2v) is 7.99. The molecule has 3 heterocycles. The smallest absolute Gasteiger partial charge is 0.257 e. The van der Waals surface area contributed by atoms with Crippen molar-refractivity contribution in [3.63, 3.8) is 0 Å². The van der Waals surface area contributed by atoms with Crippen molar-refractivity contribution >= 4 is 17.5 Å². The fraction of sp³-hybridized carbons (Fsp3) is 0.391. The highest BCUT2D eigenvalue weighted by atomic mass is 19.1. The maximum atomic E-state index is 14.6. The third-order valence-electron chi connectivity index (χ3n) is 5.47. The van der Waals surface area contributed by atoms with Crippen LogP contribution in [0.15, 0.2) is 30.6 Å². The highest BCUT2D eigenvalue weighted by molar-refractivity contribution is 5.97. The average molecular weight is 455 g/mol. The Morgan fingerprint density at radius 2 is 1.97 bits per heavy atom. The number of nitrogens with one attached hydrogen (secondary N) is 1. The van der Waals surface area contributed by atoms with Crippen molar-refractivity contribution in [3.05, 3.63) is 47.8 Å². The third-order valence-corrected chi connectivity index (χ3v) is 5.47. The standard InChI is InChI=1S/C23H27FN6O3/c1-14(2)30-15(3)25-13-19(30)21-18(24)12-26-23(28-21)27-16-5-6-17(20(11-16)32-4)22(31)29-7-9-33-10-8-29/h5-6,11-14H,7-10H2,1-4H3,(H,26,27,28). The average Bonchev–Trinajstić information content (AvgIpc) is 3.21. The molecule has 0 atom stereocenters. The Labute approximate surface area is 191 Å². The molecule has 1 fully saturated rings. The van der Waals surface area contributed by atoms with E-state index >= 15 is 0 Å². The number of ether oxygens (including phenoxy) is 2. The molecular weight excluding hydrogens is 427 g/mol. The van der Waals surface area contributed by atoms with Crippen molar-refractivity contribution in [3.8, 4) is 17.1 Å². The summed E-state index contributed by atoms with van der Waals surface area (Å²) in [5.41, 5.74) is 1.81. The Morgan fingerprint density at radius 1 is 1.21 bits per heavy atom. The Hall–Kier alpha value is -3.53. The predicted octanol–water partition coefficient (Wildman–Crippen LogP) is 3.59. The molecule has 1 saturated heterocycles. The number of nitrogens with zero attached hydrogens (tertiary/aromatic N) is 5. The second-order valence-electron chi connectivity index (χ2n) is 7.99. The molecule has 0 aliphatic carbocycles. The van der Waals surface area contributed by atoms with Crippen LogP contribution in [0.3, 0.4) is 0 Å². The number of hydrogen-bond acceptors (Lipinski definition) is 7. The van der Waals surface area contributed by atoms with Crippen LogP contribution in [0.5, 0.6) is 5.75 Å². The number of carbonyl (C=O) groups is 1. The lowest BCUT2D eigenvalue weighted by Gasteiger charge is -2.27. The summed E-state index contributed by atoms with van der Waals surface area (Å²) in [6, 6.07) is 5.22. The number of hydrogen-bond donors (Lipinski definition) is 1. The summed E-state index contributed by atoms with van der Waals surface area (Å²) in [7, 11) is 1.51. The zero-order valence-electron chi connectivity index (χ0n) is 19.1. The summed E-state index contributed by atoms with van der Waals surface area (Å²) in [5.74, 6) is 0.769. The first kappa shape index (κ1) is 22.7. The van der Waals surface area contributed by atoms with Gasteiger partial charge in [0.05, 0.1) is 44.0 Å². The summed E-state index contributed by atoms with van der Waals surface area (Å²) in [6.07, 6.45) is 2.74. The molecule has 1 aromatic carbocycles. The van der Waals surface area contributed by atoms with Crippen molar-refractivity contribution in [2.24, 2.45) is 0 Å². The number of rotatable bonds is 6. The van der Waals surface area contributed by atoms with E-state index in [0.717, 1.165) is 12.0 Å². The van der Waals surface area contributed by atoms with Gasteiger partial charge >= 0.3 is 0 Å². The molecule has 1 amide bonds. The minimum Gasteiger partial charge on any atom is -0.496 e. The van der Waals surface area contributed by atoms with E-state index in [9.17, 15) is 9.18 Å². The molecule has 0 radical (unpaired) electrons. The first-order valence-electron chi connectivity index (χ1n) is 10.8. The number of methoxy groups -OCH3 is 1. The van der Waals surface area contributed by atoms with E-state index in [1.165, 1.54) is 7.11 Å². The van der Waals surface area contributed by atoms with Crippen LogP contribution in [0, 0.1) is 12.7 Å². The minimum atomic E-state index is -0.536. The number of aryl methyl sites for hydroxylation is 1. The van der Waals surface area contributed by atoms with Gasteiger partial charge in [0.25, 0.3) is 5.91 Å². The molecule has 1 aliphatic heterocycles. The molecule has 3 aromatic rings. The van der Waals surface area contributed by atoms with Gasteiger partial charge in [0, 0.05) is 30.9 Å². The minimum absolute atomic E-state index is 0.0917. The summed E-state index contributed by atoms with van der Waals surface area (Å²) in [6.45, 7) is 8.00. The Balaban J connectivity index is 1.61. The number of aromatic nitrogens is 4. The van der Waals surface area contributed by atoms with Gasteiger partial charge in [0.15, 0.2) is 5.82 Å². The van der Waals surface area contributed by atoms with Crippen molar-refractivity contribution in [2.45, 2.75) is 26.8 Å². The van der Waals surface area contributed by atoms with Crippen LogP contribution in [0.4, 0.5) is 16.0 Å². The van der Waals surface area contributed by atoms with E-state index in [-0.39, 0.29) is 23.6 Å². The normalized spacial score (nSPS) is 13.9. The van der Waals surface area contributed by atoms with E-state index in [1.54, 1.807) is 29.3 Å². The van der Waals surface area contributed by atoms with Crippen LogP contribution in [-0.2, 0) is 4.74 Å². The lowest BCUT2D eigenvalue weighted by atomic mass is 10.1. The molecule has 2 aromatic heterocycles. The topological polar surface area (TPSA) is 94.4 Å². The molecule has 174 valence electrons. The molecular formula is C23H27FN6O3. The van der Waals surface area contributed by atoms with E-state index in [1.807, 2.05) is 25.3 Å². The van der Waals surface area contributed by atoms with Crippen LogP contribution in [0.1, 0.15) is 36.1 Å². The third kappa shape index (κ3) is 4.65. The molecule has 0 saturated carbocycles. The summed E-state index contributed by atoms with van der Waals surface area (Å²) >= 11 is 0. The lowest BCUT2D eigenvalue weighted by molar-refractivity contribution is 0.0301. The van der Waals surface area contributed by atoms with Gasteiger partial charge in [0.2, 0.25) is 5.95 Å². The monoisotopic (exact) mass is 454 g/mol. The molecule has 1 aliphatic rings. The SMILES string of the molecule is COc1cc(Nc2ncc(F)c(-c3cnc(C)n3C(C)C)n2)ccc1C(=O)N1CCOCC1. The highest BCUT2D eigenvalue weighted by Gasteiger charge is 2.22. The van der Waals surface area contributed by atoms with Crippen molar-refractivity contribution in [1.82, 2.24) is 24.4 Å². The quantitative estimate of drug-likeness (QED) is 0.608. The Morgan fingerprint density at radius 3 is 2.67 bits per heavy atom. The fourth-order valence-corrected chi connectivity index (χ4v) is 3.90. The van der Waals surface area contributed by atoms with Gasteiger partial charge in [-0.2, -0.15) is 0 Å². The first-order valence-corrected chi connectivity index (χ1v) is 10.8. The number of benzene rings is 1. The number of imidazole rings is 1. The van der Waals surface area contributed by atoms with Crippen molar-refractivity contribution in [2.75, 3.05) is 38.7 Å². The number of anilines is 2. The summed E-state index contributed by atoms with van der Waals surface area (Å²) in [5, 5.41) is 3.07. The maximum absolute atomic E-state index is 14.6. The lowest BCUT2D eigenvalue weighted by Crippen LogP contribution is -2.40. The molecule has 1 N–H and O–H groups in total. The van der Waals surface area contributed by atoms with Gasteiger partial charge in [0.1, 0.15) is 17.3 Å². The van der Waals surface area contributed by atoms with Gasteiger partial charge in [-0.25, -0.2) is 19.3 Å². The Bertz CT molecular complexity index is 1160. The van der Waals surface area contributed by atoms with E-state index < -0.39 is 5.82 Å². The molecule has 0 unspecified atom stereocenters. The second kappa shape index (κ2) is 9.53. The molecule has 33 heavy (non-hydrogen) atoms. The number of amides is 1. The van der Waals surface area contributed by atoms with Gasteiger partial charge < -0.3 is 24.3 Å². The number of carbonyl (C=O) groups excluding carboxylic acids is 1. The van der Waals surface area contributed by atoms with Gasteiger partial charge in [-0.15, -0.1) is 0 Å².